The number of carbonyl (C=O) groups excluding carboxylic acids is 3. The Kier molecular flexibility index (Phi) is 5.57. The Morgan fingerprint density at radius 3 is 2.52 bits per heavy atom. The minimum atomic E-state index is -0.271. The molecule has 1 saturated heterocycles. The van der Waals surface area contributed by atoms with Crippen molar-refractivity contribution >= 4 is 29.2 Å². The molecule has 2 aromatic heterocycles. The number of aryl methyl sites for hydroxylation is 1. The Balaban J connectivity index is 1.22. The molecule has 2 aliphatic heterocycles. The zero-order valence-corrected chi connectivity index (χ0v) is 17.2. The lowest BCUT2D eigenvalue weighted by Crippen LogP contribution is -2.54. The van der Waals surface area contributed by atoms with Gasteiger partial charge in [0.25, 0.3) is 5.91 Å². The second kappa shape index (κ2) is 8.28. The third-order valence-electron chi connectivity index (χ3n) is 5.36. The molecule has 0 aromatic carbocycles. The molecule has 0 atom stereocenters. The van der Waals surface area contributed by atoms with E-state index in [0.29, 0.717) is 50.8 Å². The van der Waals surface area contributed by atoms with Crippen LogP contribution in [0.15, 0.2) is 28.0 Å². The fraction of sp³-hybridized carbons (Fsp3) is 0.450. The van der Waals surface area contributed by atoms with Gasteiger partial charge in [-0.05, 0) is 42.5 Å². The number of hydrogen-bond acceptors (Lipinski definition) is 5. The van der Waals surface area contributed by atoms with Crippen LogP contribution in [0, 0.1) is 6.92 Å². The number of carbonyl (C=O) groups is 3. The van der Waals surface area contributed by atoms with Crippen LogP contribution in [0.3, 0.4) is 0 Å². The van der Waals surface area contributed by atoms with E-state index >= 15 is 0 Å². The molecule has 2 aromatic rings. The van der Waals surface area contributed by atoms with E-state index in [1.165, 1.54) is 10.4 Å². The zero-order chi connectivity index (χ0) is 20.4. The van der Waals surface area contributed by atoms with Gasteiger partial charge in [-0.3, -0.25) is 9.59 Å². The van der Waals surface area contributed by atoms with E-state index in [4.69, 9.17) is 4.42 Å². The number of amides is 4. The van der Waals surface area contributed by atoms with Gasteiger partial charge in [0.1, 0.15) is 5.76 Å². The summed E-state index contributed by atoms with van der Waals surface area (Å²) >= 11 is 1.73. The molecule has 4 rings (SSSR count). The largest absolute Gasteiger partial charge is 0.456 e. The van der Waals surface area contributed by atoms with Crippen molar-refractivity contribution in [2.75, 3.05) is 39.3 Å². The predicted octanol–water partition coefficient (Wildman–Crippen LogP) is 1.70. The summed E-state index contributed by atoms with van der Waals surface area (Å²) in [5.74, 6) is 0.782. The Bertz CT molecular complexity index is 913. The van der Waals surface area contributed by atoms with Gasteiger partial charge in [0.05, 0.1) is 6.54 Å². The van der Waals surface area contributed by atoms with Crippen molar-refractivity contribution in [2.45, 2.75) is 19.9 Å². The normalized spacial score (nSPS) is 16.5. The number of hydrogen-bond donors (Lipinski definition) is 1. The van der Waals surface area contributed by atoms with E-state index in [0.717, 1.165) is 6.42 Å². The van der Waals surface area contributed by atoms with E-state index in [1.54, 1.807) is 45.1 Å². The SMILES string of the molecule is Cc1ccc(C(=O)N2CCN(C(=O)NCC(=O)N3CCc4sccc4C3)CC2)o1. The van der Waals surface area contributed by atoms with Gasteiger partial charge >= 0.3 is 6.03 Å². The molecule has 0 bridgehead atoms. The van der Waals surface area contributed by atoms with Crippen LogP contribution in [0.25, 0.3) is 0 Å². The first kappa shape index (κ1) is 19.5. The predicted molar refractivity (Wildman–Crippen MR) is 108 cm³/mol. The van der Waals surface area contributed by atoms with Crippen molar-refractivity contribution < 1.29 is 18.8 Å². The van der Waals surface area contributed by atoms with Crippen LogP contribution >= 0.6 is 11.3 Å². The maximum absolute atomic E-state index is 12.5. The van der Waals surface area contributed by atoms with Crippen LogP contribution in [0.2, 0.25) is 0 Å². The highest BCUT2D eigenvalue weighted by Gasteiger charge is 2.27. The third-order valence-corrected chi connectivity index (χ3v) is 6.38. The molecular weight excluding hydrogens is 392 g/mol. The molecule has 4 heterocycles. The number of fused-ring (bicyclic) bond motifs is 1. The minimum Gasteiger partial charge on any atom is -0.456 e. The topological polar surface area (TPSA) is 86.1 Å². The molecular formula is C20H24N4O4S. The van der Waals surface area contributed by atoms with Crippen molar-refractivity contribution in [1.82, 2.24) is 20.0 Å². The van der Waals surface area contributed by atoms with Crippen molar-refractivity contribution in [3.05, 3.63) is 45.5 Å². The summed E-state index contributed by atoms with van der Waals surface area (Å²) in [6.45, 7) is 4.81. The van der Waals surface area contributed by atoms with E-state index in [2.05, 4.69) is 16.8 Å². The summed E-state index contributed by atoms with van der Waals surface area (Å²) in [5, 5.41) is 4.78. The first-order valence-electron chi connectivity index (χ1n) is 9.73. The lowest BCUT2D eigenvalue weighted by molar-refractivity contribution is -0.131. The van der Waals surface area contributed by atoms with Crippen molar-refractivity contribution in [2.24, 2.45) is 0 Å². The maximum Gasteiger partial charge on any atom is 0.317 e. The summed E-state index contributed by atoms with van der Waals surface area (Å²) in [4.78, 5) is 43.7. The molecule has 8 nitrogen and oxygen atoms in total. The maximum atomic E-state index is 12.5. The average molecular weight is 417 g/mol. The average Bonchev–Trinajstić information content (AvgIpc) is 3.39. The monoisotopic (exact) mass is 416 g/mol. The van der Waals surface area contributed by atoms with Gasteiger partial charge in [0, 0.05) is 44.1 Å². The Labute approximate surface area is 173 Å². The van der Waals surface area contributed by atoms with Crippen LogP contribution in [0.5, 0.6) is 0 Å². The van der Waals surface area contributed by atoms with Crippen LogP contribution < -0.4 is 5.32 Å². The lowest BCUT2D eigenvalue weighted by Gasteiger charge is -2.34. The van der Waals surface area contributed by atoms with Crippen molar-refractivity contribution in [1.29, 1.82) is 0 Å². The molecule has 1 fully saturated rings. The van der Waals surface area contributed by atoms with Gasteiger partial charge < -0.3 is 24.4 Å². The molecule has 154 valence electrons. The van der Waals surface area contributed by atoms with Gasteiger partial charge in [0.2, 0.25) is 5.91 Å². The Hall–Kier alpha value is -2.81. The van der Waals surface area contributed by atoms with Crippen LogP contribution in [0.4, 0.5) is 4.79 Å². The number of nitrogens with one attached hydrogen (secondary N) is 1. The molecule has 0 spiro atoms. The quantitative estimate of drug-likeness (QED) is 0.825. The highest BCUT2D eigenvalue weighted by molar-refractivity contribution is 7.10. The van der Waals surface area contributed by atoms with Gasteiger partial charge in [-0.15, -0.1) is 11.3 Å². The summed E-state index contributed by atoms with van der Waals surface area (Å²) in [6, 6.07) is 5.22. The standard InChI is InChI=1S/C20H24N4O4S/c1-14-2-3-16(28-14)19(26)22-7-9-23(10-8-22)20(27)21-12-18(25)24-6-4-17-15(13-24)5-11-29-17/h2-3,5,11H,4,6-10,12-13H2,1H3,(H,21,27). The Morgan fingerprint density at radius 1 is 1.03 bits per heavy atom. The number of rotatable bonds is 3. The fourth-order valence-corrected chi connectivity index (χ4v) is 4.54. The van der Waals surface area contributed by atoms with Gasteiger partial charge in [0.15, 0.2) is 5.76 Å². The first-order valence-corrected chi connectivity index (χ1v) is 10.6. The Morgan fingerprint density at radius 2 is 1.79 bits per heavy atom. The van der Waals surface area contributed by atoms with Crippen LogP contribution in [-0.2, 0) is 17.8 Å². The molecule has 1 N–H and O–H groups in total. The number of piperazine rings is 1. The molecule has 4 amide bonds. The zero-order valence-electron chi connectivity index (χ0n) is 16.3. The lowest BCUT2D eigenvalue weighted by atomic mass is 10.1. The highest BCUT2D eigenvalue weighted by Crippen LogP contribution is 2.23. The van der Waals surface area contributed by atoms with E-state index in [-0.39, 0.29) is 24.4 Å². The minimum absolute atomic E-state index is 0.0108. The number of thiophene rings is 1. The van der Waals surface area contributed by atoms with Crippen molar-refractivity contribution in [3.63, 3.8) is 0 Å². The van der Waals surface area contributed by atoms with E-state index < -0.39 is 0 Å². The second-order valence-electron chi connectivity index (χ2n) is 7.28. The first-order chi connectivity index (χ1) is 14.0. The molecule has 0 unspecified atom stereocenters. The van der Waals surface area contributed by atoms with E-state index in [1.807, 2.05) is 0 Å². The summed E-state index contributed by atoms with van der Waals surface area (Å²) < 4.78 is 5.39. The molecule has 0 radical (unpaired) electrons. The molecule has 29 heavy (non-hydrogen) atoms. The molecule has 9 heteroatoms. The van der Waals surface area contributed by atoms with Gasteiger partial charge in [-0.2, -0.15) is 0 Å². The van der Waals surface area contributed by atoms with Crippen molar-refractivity contribution in [3.8, 4) is 0 Å². The fourth-order valence-electron chi connectivity index (χ4n) is 3.65. The summed E-state index contributed by atoms with van der Waals surface area (Å²) in [7, 11) is 0. The van der Waals surface area contributed by atoms with E-state index in [9.17, 15) is 14.4 Å². The van der Waals surface area contributed by atoms with Crippen LogP contribution in [-0.4, -0.2) is 71.8 Å². The highest BCUT2D eigenvalue weighted by atomic mass is 32.1. The third kappa shape index (κ3) is 4.29. The van der Waals surface area contributed by atoms with Gasteiger partial charge in [-0.1, -0.05) is 0 Å². The molecule has 2 aliphatic rings. The molecule has 0 aliphatic carbocycles. The number of urea groups is 1. The smallest absolute Gasteiger partial charge is 0.317 e. The molecule has 0 saturated carbocycles. The number of nitrogens with zero attached hydrogens (tertiary/aromatic N) is 3. The van der Waals surface area contributed by atoms with Gasteiger partial charge in [-0.25, -0.2) is 4.79 Å². The summed E-state index contributed by atoms with van der Waals surface area (Å²) in [6.07, 6.45) is 0.873. The summed E-state index contributed by atoms with van der Waals surface area (Å²) in [5.41, 5.74) is 1.20. The number of furan rings is 1. The second-order valence-corrected chi connectivity index (χ2v) is 8.28. The van der Waals surface area contributed by atoms with Crippen LogP contribution in [0.1, 0.15) is 26.8 Å².